The quantitative estimate of drug-likeness (QED) is 0.584. The minimum absolute atomic E-state index is 0.0654. The van der Waals surface area contributed by atoms with Gasteiger partial charge in [-0.05, 0) is 53.8 Å². The summed E-state index contributed by atoms with van der Waals surface area (Å²) in [4.78, 5) is 28.4. The van der Waals surface area contributed by atoms with E-state index in [9.17, 15) is 18.0 Å². The Labute approximate surface area is 210 Å². The van der Waals surface area contributed by atoms with Gasteiger partial charge in [-0.3, -0.25) is 9.69 Å². The van der Waals surface area contributed by atoms with E-state index in [1.54, 1.807) is 48.4 Å². The Kier molecular flexibility index (Phi) is 6.44. The maximum Gasteiger partial charge on any atom is 0.338 e. The van der Waals surface area contributed by atoms with E-state index in [0.717, 1.165) is 0 Å². The number of rotatable bonds is 5. The summed E-state index contributed by atoms with van der Waals surface area (Å²) in [7, 11) is -1.09. The Morgan fingerprint density at radius 3 is 2.17 bits per heavy atom. The highest BCUT2D eigenvalue weighted by Crippen LogP contribution is 2.50. The van der Waals surface area contributed by atoms with Gasteiger partial charge in [0.2, 0.25) is 10.0 Å². The van der Waals surface area contributed by atoms with Gasteiger partial charge in [0.1, 0.15) is 11.6 Å². The fourth-order valence-corrected chi connectivity index (χ4v) is 5.44. The molecule has 4 N–H and O–H groups in total. The molecule has 1 atom stereocenters. The van der Waals surface area contributed by atoms with E-state index < -0.39 is 21.9 Å². The highest BCUT2D eigenvalue weighted by molar-refractivity contribution is 7.89. The molecule has 0 unspecified atom stereocenters. The maximum atomic E-state index is 13.7. The normalized spacial score (nSPS) is 19.8. The van der Waals surface area contributed by atoms with Crippen LogP contribution in [0.2, 0.25) is 0 Å². The summed E-state index contributed by atoms with van der Waals surface area (Å²) in [6.45, 7) is 3.99. The largest absolute Gasteiger partial charge is 0.497 e. The molecule has 0 aromatic heterocycles. The molecule has 4 rings (SSSR count). The van der Waals surface area contributed by atoms with Gasteiger partial charge in [-0.1, -0.05) is 26.0 Å². The lowest BCUT2D eigenvalue weighted by atomic mass is 9.68. The summed E-state index contributed by atoms with van der Waals surface area (Å²) in [6, 6.07) is 12.9. The molecule has 2 aromatic carbocycles. The zero-order chi connectivity index (χ0) is 26.4. The van der Waals surface area contributed by atoms with Crippen molar-refractivity contribution in [2.45, 2.75) is 37.5 Å². The fourth-order valence-electron chi connectivity index (χ4n) is 4.93. The van der Waals surface area contributed by atoms with E-state index >= 15 is 0 Å². The number of sulfonamides is 1. The first-order valence-corrected chi connectivity index (χ1v) is 12.8. The van der Waals surface area contributed by atoms with Crippen molar-refractivity contribution in [2.75, 3.05) is 19.1 Å². The molecule has 0 radical (unpaired) electrons. The third kappa shape index (κ3) is 4.49. The van der Waals surface area contributed by atoms with E-state index in [2.05, 4.69) is 0 Å². The summed E-state index contributed by atoms with van der Waals surface area (Å²) in [5, 5.41) is 5.26. The van der Waals surface area contributed by atoms with Crippen molar-refractivity contribution in [1.82, 2.24) is 0 Å². The third-order valence-electron chi connectivity index (χ3n) is 6.54. The van der Waals surface area contributed by atoms with Crippen LogP contribution < -0.4 is 20.5 Å². The number of hydrogen-bond acceptors (Lipinski definition) is 8. The molecule has 0 saturated heterocycles. The van der Waals surface area contributed by atoms with Gasteiger partial charge in [0.05, 0.1) is 30.6 Å². The van der Waals surface area contributed by atoms with Crippen LogP contribution in [0, 0.1) is 5.41 Å². The van der Waals surface area contributed by atoms with Crippen molar-refractivity contribution in [3.63, 3.8) is 0 Å². The predicted molar refractivity (Wildman–Crippen MR) is 134 cm³/mol. The van der Waals surface area contributed by atoms with Crippen molar-refractivity contribution in [2.24, 2.45) is 16.3 Å². The number of benzene rings is 2. The zero-order valence-corrected chi connectivity index (χ0v) is 21.4. The smallest absolute Gasteiger partial charge is 0.338 e. The second-order valence-electron chi connectivity index (χ2n) is 9.67. The lowest BCUT2D eigenvalue weighted by molar-refractivity contribution is -0.136. The summed E-state index contributed by atoms with van der Waals surface area (Å²) in [5.74, 6) is -0.754. The minimum atomic E-state index is -3.91. The molecule has 0 amide bonds. The Morgan fingerprint density at radius 1 is 1.03 bits per heavy atom. The molecule has 2 aromatic rings. The van der Waals surface area contributed by atoms with Crippen LogP contribution in [0.4, 0.5) is 5.69 Å². The molecular weight excluding hydrogens is 482 g/mol. The number of anilines is 1. The monoisotopic (exact) mass is 511 g/mol. The molecule has 0 bridgehead atoms. The molecule has 9 nitrogen and oxygen atoms in total. The number of allylic oxidation sites excluding steroid dienone is 2. The van der Waals surface area contributed by atoms with Gasteiger partial charge >= 0.3 is 5.97 Å². The van der Waals surface area contributed by atoms with Crippen molar-refractivity contribution >= 4 is 27.5 Å². The molecule has 0 saturated carbocycles. The van der Waals surface area contributed by atoms with Crippen LogP contribution in [0.15, 0.2) is 76.1 Å². The summed E-state index contributed by atoms with van der Waals surface area (Å²) in [6.07, 6.45) is 0.803. The van der Waals surface area contributed by atoms with Crippen molar-refractivity contribution in [3.8, 4) is 5.75 Å². The van der Waals surface area contributed by atoms with Gasteiger partial charge in [0.15, 0.2) is 5.78 Å². The molecule has 1 heterocycles. The number of carbonyl (C=O) groups is 2. The second-order valence-corrected chi connectivity index (χ2v) is 11.2. The van der Waals surface area contributed by atoms with Gasteiger partial charge < -0.3 is 15.2 Å². The first-order chi connectivity index (χ1) is 16.9. The van der Waals surface area contributed by atoms with Crippen LogP contribution in [0.5, 0.6) is 5.75 Å². The second kappa shape index (κ2) is 9.11. The Bertz CT molecular complexity index is 1390. The average Bonchev–Trinajstić information content (AvgIpc) is 2.82. The van der Waals surface area contributed by atoms with Gasteiger partial charge in [-0.15, -0.1) is 0 Å². The standard InChI is InChI=1S/C26H29N3O6S/c1-26(2)13-19-22(20(30)14-26)21(15-5-9-17(34-3)10-6-15)23(25(31)35-4)24(27)29(19)16-7-11-18(12-8-16)36(28,32)33/h5-12,21H,13-14,27H2,1-4H3,(H2,28,32,33)/t21-/m0/s1. The molecular formula is C26H29N3O6S. The summed E-state index contributed by atoms with van der Waals surface area (Å²) in [5.41, 5.74) is 8.75. The first kappa shape index (κ1) is 25.5. The molecule has 1 aliphatic heterocycles. The van der Waals surface area contributed by atoms with Crippen LogP contribution in [0.3, 0.4) is 0 Å². The Hall–Kier alpha value is -3.63. The number of methoxy groups -OCH3 is 2. The maximum absolute atomic E-state index is 13.7. The SMILES string of the molecule is COC(=O)C1=C(N)N(c2ccc(S(N)(=O)=O)cc2)C2=C(C(=O)CC(C)(C)C2)[C@@H]1c1ccc(OC)cc1. The van der Waals surface area contributed by atoms with Gasteiger partial charge in [-0.25, -0.2) is 18.4 Å². The first-order valence-electron chi connectivity index (χ1n) is 11.3. The van der Waals surface area contributed by atoms with Crippen molar-refractivity contribution in [3.05, 3.63) is 76.8 Å². The van der Waals surface area contributed by atoms with Gasteiger partial charge in [0, 0.05) is 23.4 Å². The number of nitrogens with zero attached hydrogens (tertiary/aromatic N) is 1. The highest BCUT2D eigenvalue weighted by Gasteiger charge is 2.46. The number of ether oxygens (including phenoxy) is 2. The summed E-state index contributed by atoms with van der Waals surface area (Å²) < 4.78 is 33.9. The molecule has 10 heteroatoms. The molecule has 2 aliphatic rings. The molecule has 190 valence electrons. The van der Waals surface area contributed by atoms with Crippen LogP contribution in [0.25, 0.3) is 0 Å². The lowest BCUT2D eigenvalue weighted by Crippen LogP contribution is -2.43. The van der Waals surface area contributed by atoms with E-state index in [1.165, 1.54) is 19.2 Å². The zero-order valence-electron chi connectivity index (χ0n) is 20.6. The van der Waals surface area contributed by atoms with Gasteiger partial charge in [0.25, 0.3) is 0 Å². The minimum Gasteiger partial charge on any atom is -0.497 e. The molecule has 36 heavy (non-hydrogen) atoms. The fraction of sp³-hybridized carbons (Fsp3) is 0.308. The van der Waals surface area contributed by atoms with Crippen LogP contribution in [0.1, 0.15) is 38.2 Å². The molecule has 0 spiro atoms. The Balaban J connectivity index is 1.99. The van der Waals surface area contributed by atoms with Crippen LogP contribution >= 0.6 is 0 Å². The Morgan fingerprint density at radius 2 is 1.64 bits per heavy atom. The number of carbonyl (C=O) groups excluding carboxylic acids is 2. The molecule has 1 aliphatic carbocycles. The lowest BCUT2D eigenvalue weighted by Gasteiger charge is -2.44. The van der Waals surface area contributed by atoms with Crippen molar-refractivity contribution in [1.29, 1.82) is 0 Å². The van der Waals surface area contributed by atoms with E-state index in [-0.39, 0.29) is 27.5 Å². The van der Waals surface area contributed by atoms with Crippen LogP contribution in [-0.2, 0) is 24.3 Å². The number of primary sulfonamides is 1. The summed E-state index contributed by atoms with van der Waals surface area (Å²) >= 11 is 0. The van der Waals surface area contributed by atoms with Crippen LogP contribution in [-0.4, -0.2) is 34.4 Å². The van der Waals surface area contributed by atoms with E-state index in [4.69, 9.17) is 20.3 Å². The van der Waals surface area contributed by atoms with Crippen molar-refractivity contribution < 1.29 is 27.5 Å². The number of ketones is 1. The average molecular weight is 512 g/mol. The predicted octanol–water partition coefficient (Wildman–Crippen LogP) is 2.93. The molecule has 0 fully saturated rings. The highest BCUT2D eigenvalue weighted by atomic mass is 32.2. The number of hydrogen-bond donors (Lipinski definition) is 2. The number of nitrogens with two attached hydrogens (primary N) is 2. The van der Waals surface area contributed by atoms with E-state index in [1.807, 2.05) is 13.8 Å². The number of esters is 1. The van der Waals surface area contributed by atoms with E-state index in [0.29, 0.717) is 41.1 Å². The number of Topliss-reactive ketones (excluding diaryl/α,β-unsaturated/α-hetero) is 1. The topological polar surface area (TPSA) is 142 Å². The van der Waals surface area contributed by atoms with Gasteiger partial charge in [-0.2, -0.15) is 0 Å². The third-order valence-corrected chi connectivity index (χ3v) is 7.47.